The summed E-state index contributed by atoms with van der Waals surface area (Å²) in [5, 5.41) is 13.7. The van der Waals surface area contributed by atoms with Crippen molar-refractivity contribution in [2.75, 3.05) is 19.8 Å². The van der Waals surface area contributed by atoms with Crippen LogP contribution in [0.2, 0.25) is 5.02 Å². The molecule has 1 saturated heterocycles. The highest BCUT2D eigenvalue weighted by Crippen LogP contribution is 2.35. The normalized spacial score (nSPS) is 21.1. The average Bonchev–Trinajstić information content (AvgIpc) is 2.32. The van der Waals surface area contributed by atoms with Crippen molar-refractivity contribution in [2.45, 2.75) is 19.9 Å². The number of aryl methyl sites for hydroxylation is 1. The molecule has 1 atom stereocenters. The van der Waals surface area contributed by atoms with Gasteiger partial charge < -0.3 is 15.2 Å². The first-order valence-corrected chi connectivity index (χ1v) is 5.78. The van der Waals surface area contributed by atoms with Gasteiger partial charge in [-0.3, -0.25) is 0 Å². The zero-order valence-corrected chi connectivity index (χ0v) is 10.3. The first kappa shape index (κ1) is 11.7. The molecule has 2 N–H and O–H groups in total. The van der Waals surface area contributed by atoms with E-state index in [1.165, 1.54) is 0 Å². The smallest absolute Gasteiger partial charge is 0.137 e. The fraction of sp³-hybridized carbons (Fsp3) is 0.500. The number of hydrogen-bond donors (Lipinski definition) is 2. The van der Waals surface area contributed by atoms with E-state index in [-0.39, 0.29) is 11.8 Å². The lowest BCUT2D eigenvalue weighted by Crippen LogP contribution is -2.35. The Morgan fingerprint density at radius 2 is 2.25 bits per heavy atom. The van der Waals surface area contributed by atoms with E-state index in [0.717, 1.165) is 29.8 Å². The second-order valence-corrected chi connectivity index (χ2v) is 4.53. The third-order valence-electron chi connectivity index (χ3n) is 3.01. The van der Waals surface area contributed by atoms with Gasteiger partial charge in [0.2, 0.25) is 0 Å². The monoisotopic (exact) mass is 241 g/mol. The summed E-state index contributed by atoms with van der Waals surface area (Å²) in [6.07, 6.45) is 0. The Kier molecular flexibility index (Phi) is 3.38. The molecule has 1 unspecified atom stereocenters. The lowest BCUT2D eigenvalue weighted by Gasteiger charge is -2.26. The Labute approximate surface area is 100 Å². The van der Waals surface area contributed by atoms with Gasteiger partial charge in [0.15, 0.2) is 0 Å². The standard InChI is InChI=1S/C12H16ClNO2/c1-7-5-9(8(2)12(15)11(7)13)10-6-16-4-3-14-10/h5,10,14-15H,3-4,6H2,1-2H3. The van der Waals surface area contributed by atoms with Crippen molar-refractivity contribution in [3.05, 3.63) is 27.8 Å². The molecule has 16 heavy (non-hydrogen) atoms. The van der Waals surface area contributed by atoms with Gasteiger partial charge in [0.05, 0.1) is 24.3 Å². The number of phenols is 1. The highest BCUT2D eigenvalue weighted by Gasteiger charge is 2.20. The van der Waals surface area contributed by atoms with Crippen LogP contribution in [0.4, 0.5) is 0 Å². The first-order valence-electron chi connectivity index (χ1n) is 5.41. The summed E-state index contributed by atoms with van der Waals surface area (Å²) in [7, 11) is 0. The van der Waals surface area contributed by atoms with Gasteiger partial charge in [-0.05, 0) is 30.5 Å². The van der Waals surface area contributed by atoms with Crippen molar-refractivity contribution >= 4 is 11.6 Å². The third-order valence-corrected chi connectivity index (χ3v) is 3.49. The fourth-order valence-electron chi connectivity index (χ4n) is 2.02. The minimum atomic E-state index is 0.149. The van der Waals surface area contributed by atoms with Gasteiger partial charge in [0.25, 0.3) is 0 Å². The Balaban J connectivity index is 2.40. The third kappa shape index (κ3) is 2.03. The highest BCUT2D eigenvalue weighted by molar-refractivity contribution is 6.32. The van der Waals surface area contributed by atoms with E-state index in [4.69, 9.17) is 16.3 Å². The minimum absolute atomic E-state index is 0.149. The van der Waals surface area contributed by atoms with E-state index in [1.54, 1.807) is 0 Å². The van der Waals surface area contributed by atoms with Gasteiger partial charge >= 0.3 is 0 Å². The molecule has 2 rings (SSSR count). The lowest BCUT2D eigenvalue weighted by molar-refractivity contribution is 0.0766. The van der Waals surface area contributed by atoms with Gasteiger partial charge in [-0.25, -0.2) is 0 Å². The van der Waals surface area contributed by atoms with Gasteiger partial charge in [-0.2, -0.15) is 0 Å². The maximum Gasteiger partial charge on any atom is 0.137 e. The Bertz CT molecular complexity index is 400. The highest BCUT2D eigenvalue weighted by atomic mass is 35.5. The van der Waals surface area contributed by atoms with E-state index in [0.29, 0.717) is 11.6 Å². The Morgan fingerprint density at radius 3 is 2.88 bits per heavy atom. The van der Waals surface area contributed by atoms with E-state index in [1.807, 2.05) is 19.9 Å². The molecule has 88 valence electrons. The quantitative estimate of drug-likeness (QED) is 0.793. The van der Waals surface area contributed by atoms with Gasteiger partial charge in [-0.15, -0.1) is 0 Å². The number of hydrogen-bond acceptors (Lipinski definition) is 3. The van der Waals surface area contributed by atoms with Crippen molar-refractivity contribution in [2.24, 2.45) is 0 Å². The lowest BCUT2D eigenvalue weighted by atomic mass is 9.97. The number of ether oxygens (including phenoxy) is 1. The van der Waals surface area contributed by atoms with Gasteiger partial charge in [0.1, 0.15) is 5.75 Å². The molecular formula is C12H16ClNO2. The topological polar surface area (TPSA) is 41.5 Å². The molecule has 0 radical (unpaired) electrons. The predicted octanol–water partition coefficient (Wildman–Crippen LogP) is 2.32. The number of nitrogens with one attached hydrogen (secondary N) is 1. The molecule has 1 aliphatic heterocycles. The molecule has 4 heteroatoms. The van der Waals surface area contributed by atoms with E-state index < -0.39 is 0 Å². The molecule has 0 amide bonds. The van der Waals surface area contributed by atoms with Crippen LogP contribution in [0.3, 0.4) is 0 Å². The molecule has 1 heterocycles. The number of morpholine rings is 1. The maximum absolute atomic E-state index is 9.90. The van der Waals surface area contributed by atoms with Crippen molar-refractivity contribution in [1.29, 1.82) is 0 Å². The number of rotatable bonds is 1. The van der Waals surface area contributed by atoms with Crippen LogP contribution in [-0.4, -0.2) is 24.9 Å². The molecule has 1 aromatic rings. The summed E-state index contributed by atoms with van der Waals surface area (Å²) in [6.45, 7) is 6.00. The zero-order chi connectivity index (χ0) is 11.7. The number of phenolic OH excluding ortho intramolecular Hbond substituents is 1. The minimum Gasteiger partial charge on any atom is -0.506 e. The molecule has 1 aliphatic rings. The molecule has 0 saturated carbocycles. The van der Waals surface area contributed by atoms with E-state index in [9.17, 15) is 5.11 Å². The summed E-state index contributed by atoms with van der Waals surface area (Å²) in [6, 6.07) is 2.17. The SMILES string of the molecule is Cc1cc(C2COCCN2)c(C)c(O)c1Cl. The second kappa shape index (κ2) is 4.62. The van der Waals surface area contributed by atoms with Crippen molar-refractivity contribution in [1.82, 2.24) is 5.32 Å². The average molecular weight is 242 g/mol. The molecule has 0 spiro atoms. The summed E-state index contributed by atoms with van der Waals surface area (Å²) in [5.74, 6) is 0.184. The number of halogens is 1. The summed E-state index contributed by atoms with van der Waals surface area (Å²) in [5.41, 5.74) is 2.80. The van der Waals surface area contributed by atoms with Crippen LogP contribution in [0, 0.1) is 13.8 Å². The van der Waals surface area contributed by atoms with Crippen LogP contribution in [0.5, 0.6) is 5.75 Å². The van der Waals surface area contributed by atoms with Crippen LogP contribution in [0.1, 0.15) is 22.7 Å². The van der Waals surface area contributed by atoms with Crippen LogP contribution in [0.15, 0.2) is 6.07 Å². The number of benzene rings is 1. The largest absolute Gasteiger partial charge is 0.506 e. The van der Waals surface area contributed by atoms with Crippen molar-refractivity contribution < 1.29 is 9.84 Å². The zero-order valence-electron chi connectivity index (χ0n) is 9.51. The molecule has 3 nitrogen and oxygen atoms in total. The van der Waals surface area contributed by atoms with Crippen LogP contribution >= 0.6 is 11.6 Å². The van der Waals surface area contributed by atoms with Crippen LogP contribution < -0.4 is 5.32 Å². The molecule has 0 aliphatic carbocycles. The van der Waals surface area contributed by atoms with Crippen molar-refractivity contribution in [3.8, 4) is 5.75 Å². The first-order chi connectivity index (χ1) is 7.61. The van der Waals surface area contributed by atoms with Crippen LogP contribution in [-0.2, 0) is 4.74 Å². The summed E-state index contributed by atoms with van der Waals surface area (Å²) >= 11 is 5.99. The summed E-state index contributed by atoms with van der Waals surface area (Å²) in [4.78, 5) is 0. The van der Waals surface area contributed by atoms with Gasteiger partial charge in [0, 0.05) is 6.54 Å². The molecule has 0 bridgehead atoms. The van der Waals surface area contributed by atoms with E-state index >= 15 is 0 Å². The fourth-order valence-corrected chi connectivity index (χ4v) is 2.22. The maximum atomic E-state index is 9.90. The molecule has 1 fully saturated rings. The van der Waals surface area contributed by atoms with E-state index in [2.05, 4.69) is 5.32 Å². The molecule has 1 aromatic carbocycles. The second-order valence-electron chi connectivity index (χ2n) is 4.15. The molecule has 0 aromatic heterocycles. The van der Waals surface area contributed by atoms with Crippen LogP contribution in [0.25, 0.3) is 0 Å². The number of aromatic hydroxyl groups is 1. The Morgan fingerprint density at radius 1 is 1.50 bits per heavy atom. The Hall–Kier alpha value is -0.770. The van der Waals surface area contributed by atoms with Gasteiger partial charge in [-0.1, -0.05) is 17.7 Å². The molecular weight excluding hydrogens is 226 g/mol. The van der Waals surface area contributed by atoms with Crippen molar-refractivity contribution in [3.63, 3.8) is 0 Å². The summed E-state index contributed by atoms with van der Waals surface area (Å²) < 4.78 is 5.42. The predicted molar refractivity (Wildman–Crippen MR) is 64.2 cm³/mol.